The minimum absolute atomic E-state index is 0.162. The molecule has 1 N–H and O–H groups in total. The van der Waals surface area contributed by atoms with Crippen molar-refractivity contribution < 1.29 is 13.2 Å². The Hall–Kier alpha value is -2.41. The van der Waals surface area contributed by atoms with Crippen molar-refractivity contribution in [1.82, 2.24) is 9.78 Å². The molecule has 0 aliphatic heterocycles. The van der Waals surface area contributed by atoms with Gasteiger partial charge in [0.2, 0.25) is 10.0 Å². The number of anilines is 1. The third-order valence-corrected chi connectivity index (χ3v) is 3.23. The lowest BCUT2D eigenvalue weighted by atomic mass is 10.1. The number of aromatic nitrogens is 2. The lowest BCUT2D eigenvalue weighted by molar-refractivity contribution is 0.104. The molecule has 6 nitrogen and oxygen atoms in total. The highest BCUT2D eigenvalue weighted by Crippen LogP contribution is 2.12. The monoisotopic (exact) mass is 305 g/mol. The molecule has 1 heterocycles. The van der Waals surface area contributed by atoms with Crippen molar-refractivity contribution in [2.24, 2.45) is 7.05 Å². The molecule has 0 bridgehead atoms. The number of benzene rings is 1. The number of hydrogen-bond acceptors (Lipinski definition) is 4. The van der Waals surface area contributed by atoms with Crippen LogP contribution in [-0.4, -0.2) is 30.2 Å². The van der Waals surface area contributed by atoms with Gasteiger partial charge in [-0.3, -0.25) is 14.2 Å². The summed E-state index contributed by atoms with van der Waals surface area (Å²) >= 11 is 0. The first-order valence-electron chi connectivity index (χ1n) is 6.12. The zero-order valence-corrected chi connectivity index (χ0v) is 12.5. The molecule has 0 fully saturated rings. The molecule has 0 radical (unpaired) electrons. The van der Waals surface area contributed by atoms with Crippen LogP contribution >= 0.6 is 0 Å². The maximum Gasteiger partial charge on any atom is 0.229 e. The Balaban J connectivity index is 2.08. The standard InChI is InChI=1S/C14H15N3O3S/c1-17-10-11(9-15-17)3-8-14(18)12-4-6-13(7-5-12)16-21(2,19)20/h3-10,16H,1-2H3/b8-3-. The lowest BCUT2D eigenvalue weighted by Gasteiger charge is -2.03. The third kappa shape index (κ3) is 4.57. The van der Waals surface area contributed by atoms with E-state index in [1.165, 1.54) is 6.08 Å². The van der Waals surface area contributed by atoms with Gasteiger partial charge in [-0.2, -0.15) is 5.10 Å². The SMILES string of the molecule is Cn1cc(/C=C\C(=O)c2ccc(NS(C)(=O)=O)cc2)cn1. The smallest absolute Gasteiger partial charge is 0.229 e. The Morgan fingerprint density at radius 3 is 2.48 bits per heavy atom. The molecule has 7 heteroatoms. The molecule has 0 saturated heterocycles. The molecule has 0 aliphatic rings. The molecule has 21 heavy (non-hydrogen) atoms. The summed E-state index contributed by atoms with van der Waals surface area (Å²) in [5.74, 6) is -0.162. The van der Waals surface area contributed by atoms with Crippen LogP contribution in [0.2, 0.25) is 0 Å². The number of carbonyl (C=O) groups is 1. The van der Waals surface area contributed by atoms with Crippen molar-refractivity contribution in [1.29, 1.82) is 0 Å². The summed E-state index contributed by atoms with van der Waals surface area (Å²) in [6.45, 7) is 0. The number of allylic oxidation sites excluding steroid dienone is 1. The van der Waals surface area contributed by atoms with Crippen molar-refractivity contribution in [2.45, 2.75) is 0 Å². The molecule has 110 valence electrons. The van der Waals surface area contributed by atoms with Crippen LogP contribution < -0.4 is 4.72 Å². The van der Waals surface area contributed by atoms with Gasteiger partial charge < -0.3 is 0 Å². The van der Waals surface area contributed by atoms with Crippen LogP contribution in [0.4, 0.5) is 5.69 Å². The van der Waals surface area contributed by atoms with Crippen LogP contribution in [0.3, 0.4) is 0 Å². The second-order valence-corrected chi connectivity index (χ2v) is 6.34. The van der Waals surface area contributed by atoms with E-state index in [-0.39, 0.29) is 5.78 Å². The second kappa shape index (κ2) is 5.92. The zero-order valence-electron chi connectivity index (χ0n) is 11.6. The highest BCUT2D eigenvalue weighted by molar-refractivity contribution is 7.92. The van der Waals surface area contributed by atoms with Crippen LogP contribution in [0.5, 0.6) is 0 Å². The van der Waals surface area contributed by atoms with E-state index >= 15 is 0 Å². The Kier molecular flexibility index (Phi) is 4.23. The quantitative estimate of drug-likeness (QED) is 0.673. The lowest BCUT2D eigenvalue weighted by Crippen LogP contribution is -2.09. The summed E-state index contributed by atoms with van der Waals surface area (Å²) in [7, 11) is -1.51. The summed E-state index contributed by atoms with van der Waals surface area (Å²) in [5.41, 5.74) is 1.74. The number of rotatable bonds is 5. The zero-order chi connectivity index (χ0) is 15.5. The van der Waals surface area contributed by atoms with Crippen molar-refractivity contribution in [3.05, 3.63) is 53.9 Å². The molecule has 1 aromatic carbocycles. The van der Waals surface area contributed by atoms with E-state index in [1.54, 1.807) is 54.5 Å². The molecule has 0 spiro atoms. The minimum Gasteiger partial charge on any atom is -0.289 e. The molecule has 2 aromatic rings. The molecule has 1 aromatic heterocycles. The molecule has 2 rings (SSSR count). The number of hydrogen-bond donors (Lipinski definition) is 1. The molecular formula is C14H15N3O3S. The largest absolute Gasteiger partial charge is 0.289 e. The van der Waals surface area contributed by atoms with Crippen molar-refractivity contribution in [3.63, 3.8) is 0 Å². The Morgan fingerprint density at radius 1 is 1.29 bits per heavy atom. The maximum absolute atomic E-state index is 12.0. The predicted molar refractivity (Wildman–Crippen MR) is 81.5 cm³/mol. The number of carbonyl (C=O) groups excluding carboxylic acids is 1. The van der Waals surface area contributed by atoms with Gasteiger partial charge in [0.15, 0.2) is 5.78 Å². The first-order chi connectivity index (χ1) is 9.83. The van der Waals surface area contributed by atoms with Crippen molar-refractivity contribution >= 4 is 27.6 Å². The molecule has 0 unspecified atom stereocenters. The fourth-order valence-electron chi connectivity index (χ4n) is 1.71. The van der Waals surface area contributed by atoms with Crippen LogP contribution in [0.25, 0.3) is 6.08 Å². The first kappa shape index (κ1) is 15.0. The Bertz CT molecular complexity index is 774. The van der Waals surface area contributed by atoms with Crippen LogP contribution in [0.1, 0.15) is 15.9 Å². The van der Waals surface area contributed by atoms with Crippen LogP contribution in [0.15, 0.2) is 42.7 Å². The molecule has 0 atom stereocenters. The van der Waals surface area contributed by atoms with Crippen molar-refractivity contribution in [3.8, 4) is 0 Å². The maximum atomic E-state index is 12.0. The fourth-order valence-corrected chi connectivity index (χ4v) is 2.28. The van der Waals surface area contributed by atoms with Gasteiger partial charge in [0.1, 0.15) is 0 Å². The van der Waals surface area contributed by atoms with E-state index in [0.29, 0.717) is 11.3 Å². The summed E-state index contributed by atoms with van der Waals surface area (Å²) in [6.07, 6.45) is 7.66. The van der Waals surface area contributed by atoms with E-state index in [4.69, 9.17) is 0 Å². The van der Waals surface area contributed by atoms with Crippen LogP contribution in [0, 0.1) is 0 Å². The summed E-state index contributed by atoms with van der Waals surface area (Å²) in [4.78, 5) is 12.0. The average Bonchev–Trinajstić information content (AvgIpc) is 2.81. The number of aryl methyl sites for hydroxylation is 1. The normalized spacial score (nSPS) is 11.7. The highest BCUT2D eigenvalue weighted by Gasteiger charge is 2.04. The van der Waals surface area contributed by atoms with Crippen LogP contribution in [-0.2, 0) is 17.1 Å². The van der Waals surface area contributed by atoms with E-state index in [1.807, 2.05) is 0 Å². The van der Waals surface area contributed by atoms with Gasteiger partial charge in [0, 0.05) is 30.1 Å². The van der Waals surface area contributed by atoms with E-state index in [0.717, 1.165) is 11.8 Å². The van der Waals surface area contributed by atoms with Gasteiger partial charge in [0.25, 0.3) is 0 Å². The summed E-state index contributed by atoms with van der Waals surface area (Å²) in [6, 6.07) is 6.24. The third-order valence-electron chi connectivity index (χ3n) is 2.62. The number of nitrogens with one attached hydrogen (secondary N) is 1. The summed E-state index contributed by atoms with van der Waals surface area (Å²) in [5, 5.41) is 4.00. The molecule has 0 amide bonds. The fraction of sp³-hybridized carbons (Fsp3) is 0.143. The highest BCUT2D eigenvalue weighted by atomic mass is 32.2. The van der Waals surface area contributed by atoms with Gasteiger partial charge in [-0.1, -0.05) is 0 Å². The van der Waals surface area contributed by atoms with Crippen molar-refractivity contribution in [2.75, 3.05) is 11.0 Å². The Labute approximate surface area is 123 Å². The van der Waals surface area contributed by atoms with E-state index in [9.17, 15) is 13.2 Å². The predicted octanol–water partition coefficient (Wildman–Crippen LogP) is 1.69. The van der Waals surface area contributed by atoms with Gasteiger partial charge in [-0.15, -0.1) is 0 Å². The second-order valence-electron chi connectivity index (χ2n) is 4.60. The first-order valence-corrected chi connectivity index (χ1v) is 8.01. The van der Waals surface area contributed by atoms with Gasteiger partial charge >= 0.3 is 0 Å². The minimum atomic E-state index is -3.31. The summed E-state index contributed by atoms with van der Waals surface area (Å²) < 4.78 is 26.2. The topological polar surface area (TPSA) is 81.1 Å². The number of nitrogens with zero attached hydrogens (tertiary/aromatic N) is 2. The van der Waals surface area contributed by atoms with E-state index in [2.05, 4.69) is 9.82 Å². The average molecular weight is 305 g/mol. The molecular weight excluding hydrogens is 290 g/mol. The van der Waals surface area contributed by atoms with Gasteiger partial charge in [-0.05, 0) is 36.4 Å². The van der Waals surface area contributed by atoms with E-state index < -0.39 is 10.0 Å². The van der Waals surface area contributed by atoms with Gasteiger partial charge in [-0.25, -0.2) is 8.42 Å². The number of sulfonamides is 1. The number of ketones is 1. The van der Waals surface area contributed by atoms with Gasteiger partial charge in [0.05, 0.1) is 12.5 Å². The molecule has 0 saturated carbocycles. The molecule has 0 aliphatic carbocycles. The Morgan fingerprint density at radius 2 is 1.95 bits per heavy atom.